The topological polar surface area (TPSA) is 102 Å². The van der Waals surface area contributed by atoms with Gasteiger partial charge in [0, 0.05) is 17.5 Å². The Hall–Kier alpha value is -1.80. The summed E-state index contributed by atoms with van der Waals surface area (Å²) in [6.45, 7) is 1.72. The quantitative estimate of drug-likeness (QED) is 0.498. The van der Waals surface area contributed by atoms with Crippen molar-refractivity contribution in [3.63, 3.8) is 0 Å². The standard InChI is InChI=1S/C21H31NO6S/c1-2-3-4-5-6-7-13-29(25,26)22-16-11-12-17-20(16)15-9-8-10-18(21(15)28-17)27-14-19(23)24/h8-10,16-17,20,22H,2-7,11-14H2,1H3,(H,23,24). The molecule has 162 valence electrons. The number of para-hydroxylation sites is 1. The molecule has 0 bridgehead atoms. The molecule has 1 aliphatic carbocycles. The number of carboxylic acids is 1. The van der Waals surface area contributed by atoms with Crippen molar-refractivity contribution in [2.45, 2.75) is 76.4 Å². The first-order valence-electron chi connectivity index (χ1n) is 10.6. The van der Waals surface area contributed by atoms with Gasteiger partial charge in [-0.25, -0.2) is 17.9 Å². The van der Waals surface area contributed by atoms with Gasteiger partial charge in [0.25, 0.3) is 0 Å². The highest BCUT2D eigenvalue weighted by Crippen LogP contribution is 2.50. The molecule has 0 saturated heterocycles. The maximum absolute atomic E-state index is 12.6. The van der Waals surface area contributed by atoms with E-state index in [0.717, 1.165) is 37.7 Å². The lowest BCUT2D eigenvalue weighted by Gasteiger charge is -2.19. The van der Waals surface area contributed by atoms with Gasteiger partial charge < -0.3 is 14.6 Å². The van der Waals surface area contributed by atoms with E-state index < -0.39 is 22.6 Å². The number of carbonyl (C=O) groups is 1. The fourth-order valence-electron chi connectivity index (χ4n) is 4.33. The number of hydrogen-bond donors (Lipinski definition) is 2. The van der Waals surface area contributed by atoms with Gasteiger partial charge >= 0.3 is 5.97 Å². The van der Waals surface area contributed by atoms with Gasteiger partial charge in [0.05, 0.1) is 5.75 Å². The Bertz CT molecular complexity index is 809. The van der Waals surface area contributed by atoms with Gasteiger partial charge in [0.15, 0.2) is 18.1 Å². The van der Waals surface area contributed by atoms with Crippen LogP contribution in [0.25, 0.3) is 0 Å². The third-order valence-electron chi connectivity index (χ3n) is 5.68. The highest BCUT2D eigenvalue weighted by atomic mass is 32.2. The number of fused-ring (bicyclic) bond motifs is 3. The van der Waals surface area contributed by atoms with E-state index in [4.69, 9.17) is 14.6 Å². The second-order valence-corrected chi connectivity index (χ2v) is 9.80. The van der Waals surface area contributed by atoms with Crippen LogP contribution in [0.2, 0.25) is 0 Å². The minimum atomic E-state index is -3.35. The molecule has 2 aliphatic rings. The minimum Gasteiger partial charge on any atom is -0.486 e. The van der Waals surface area contributed by atoms with Gasteiger partial charge in [0.2, 0.25) is 10.0 Å². The zero-order chi connectivity index (χ0) is 20.9. The van der Waals surface area contributed by atoms with Gasteiger partial charge in [-0.15, -0.1) is 0 Å². The van der Waals surface area contributed by atoms with E-state index in [1.807, 2.05) is 6.07 Å². The Labute approximate surface area is 172 Å². The van der Waals surface area contributed by atoms with Crippen LogP contribution in [0.5, 0.6) is 11.5 Å². The number of hydrogen-bond acceptors (Lipinski definition) is 5. The van der Waals surface area contributed by atoms with E-state index in [-0.39, 0.29) is 23.8 Å². The van der Waals surface area contributed by atoms with E-state index in [9.17, 15) is 13.2 Å². The molecule has 0 radical (unpaired) electrons. The Morgan fingerprint density at radius 2 is 1.97 bits per heavy atom. The summed E-state index contributed by atoms with van der Waals surface area (Å²) in [5.74, 6) is -0.0296. The lowest BCUT2D eigenvalue weighted by molar-refractivity contribution is -0.139. The maximum Gasteiger partial charge on any atom is 0.341 e. The Kier molecular flexibility index (Phi) is 7.40. The third kappa shape index (κ3) is 5.63. The number of benzene rings is 1. The van der Waals surface area contributed by atoms with Crippen LogP contribution in [0, 0.1) is 0 Å². The van der Waals surface area contributed by atoms with Crippen molar-refractivity contribution in [1.29, 1.82) is 0 Å². The van der Waals surface area contributed by atoms with Crippen molar-refractivity contribution >= 4 is 16.0 Å². The molecule has 1 fully saturated rings. The molecule has 0 amide bonds. The molecule has 2 N–H and O–H groups in total. The highest BCUT2D eigenvalue weighted by Gasteiger charge is 2.46. The van der Waals surface area contributed by atoms with E-state index in [2.05, 4.69) is 11.6 Å². The van der Waals surface area contributed by atoms with E-state index in [1.165, 1.54) is 12.8 Å². The first-order valence-corrected chi connectivity index (χ1v) is 12.2. The average Bonchev–Trinajstić information content (AvgIpc) is 3.23. The summed E-state index contributed by atoms with van der Waals surface area (Å²) in [6.07, 6.45) is 7.61. The smallest absolute Gasteiger partial charge is 0.341 e. The second kappa shape index (κ2) is 9.80. The number of ether oxygens (including phenoxy) is 2. The molecule has 1 aromatic carbocycles. The molecule has 1 aliphatic heterocycles. The van der Waals surface area contributed by atoms with Crippen LogP contribution in [0.4, 0.5) is 0 Å². The van der Waals surface area contributed by atoms with E-state index in [0.29, 0.717) is 17.9 Å². The molecule has 1 aromatic rings. The minimum absolute atomic E-state index is 0.0716. The molecule has 0 spiro atoms. The summed E-state index contributed by atoms with van der Waals surface area (Å²) in [5, 5.41) is 8.84. The normalized spacial score (nSPS) is 22.7. The molecule has 1 heterocycles. The zero-order valence-electron chi connectivity index (χ0n) is 16.9. The number of rotatable bonds is 12. The van der Waals surface area contributed by atoms with Crippen LogP contribution in [0.15, 0.2) is 18.2 Å². The largest absolute Gasteiger partial charge is 0.486 e. The molecule has 7 nitrogen and oxygen atoms in total. The summed E-state index contributed by atoms with van der Waals surface area (Å²) >= 11 is 0. The molecule has 8 heteroatoms. The Balaban J connectivity index is 1.60. The molecule has 1 saturated carbocycles. The first-order chi connectivity index (χ1) is 13.9. The molecular formula is C21H31NO6S. The number of nitrogens with one attached hydrogen (secondary N) is 1. The van der Waals surface area contributed by atoms with Crippen LogP contribution in [-0.2, 0) is 14.8 Å². The molecule has 3 rings (SSSR count). The molecule has 3 atom stereocenters. The van der Waals surface area contributed by atoms with Gasteiger partial charge in [0.1, 0.15) is 6.10 Å². The van der Waals surface area contributed by atoms with Crippen molar-refractivity contribution in [2.24, 2.45) is 0 Å². The lowest BCUT2D eigenvalue weighted by Crippen LogP contribution is -2.38. The van der Waals surface area contributed by atoms with Crippen molar-refractivity contribution in [3.05, 3.63) is 23.8 Å². The van der Waals surface area contributed by atoms with Gasteiger partial charge in [-0.1, -0.05) is 51.2 Å². The number of unbranched alkanes of at least 4 members (excludes halogenated alkanes) is 5. The number of carboxylic acid groups (broad SMARTS) is 1. The van der Waals surface area contributed by atoms with Gasteiger partial charge in [-0.05, 0) is 25.3 Å². The fraction of sp³-hybridized carbons (Fsp3) is 0.667. The summed E-state index contributed by atoms with van der Waals surface area (Å²) in [7, 11) is -3.35. The van der Waals surface area contributed by atoms with Crippen molar-refractivity contribution in [1.82, 2.24) is 4.72 Å². The number of sulfonamides is 1. The Morgan fingerprint density at radius 3 is 2.72 bits per heavy atom. The predicted octanol–water partition coefficient (Wildman–Crippen LogP) is 3.44. The van der Waals surface area contributed by atoms with E-state index >= 15 is 0 Å². The van der Waals surface area contributed by atoms with Gasteiger partial charge in [-0.3, -0.25) is 0 Å². The molecule has 29 heavy (non-hydrogen) atoms. The number of aliphatic carboxylic acids is 1. The highest BCUT2D eigenvalue weighted by molar-refractivity contribution is 7.89. The Morgan fingerprint density at radius 1 is 1.21 bits per heavy atom. The van der Waals surface area contributed by atoms with Gasteiger partial charge in [-0.2, -0.15) is 0 Å². The maximum atomic E-state index is 12.6. The molecule has 0 aromatic heterocycles. The third-order valence-corrected chi connectivity index (χ3v) is 7.17. The second-order valence-electron chi connectivity index (χ2n) is 7.93. The summed E-state index contributed by atoms with van der Waals surface area (Å²) in [6, 6.07) is 5.18. The van der Waals surface area contributed by atoms with Crippen LogP contribution < -0.4 is 14.2 Å². The predicted molar refractivity (Wildman–Crippen MR) is 110 cm³/mol. The van der Waals surface area contributed by atoms with Crippen molar-refractivity contribution < 1.29 is 27.8 Å². The summed E-state index contributed by atoms with van der Waals surface area (Å²) in [5.41, 5.74) is 0.891. The summed E-state index contributed by atoms with van der Waals surface area (Å²) in [4.78, 5) is 10.8. The zero-order valence-corrected chi connectivity index (χ0v) is 17.7. The van der Waals surface area contributed by atoms with Crippen LogP contribution in [-0.4, -0.2) is 44.0 Å². The monoisotopic (exact) mass is 425 g/mol. The van der Waals surface area contributed by atoms with Crippen molar-refractivity contribution in [2.75, 3.05) is 12.4 Å². The van der Waals surface area contributed by atoms with Crippen LogP contribution in [0.1, 0.15) is 69.8 Å². The van der Waals surface area contributed by atoms with Crippen LogP contribution in [0.3, 0.4) is 0 Å². The molecule has 3 unspecified atom stereocenters. The summed E-state index contributed by atoms with van der Waals surface area (Å²) < 4.78 is 39.4. The van der Waals surface area contributed by atoms with Crippen LogP contribution >= 0.6 is 0 Å². The van der Waals surface area contributed by atoms with Crippen molar-refractivity contribution in [3.8, 4) is 11.5 Å². The first kappa shape index (κ1) is 21.9. The molecular weight excluding hydrogens is 394 g/mol. The lowest BCUT2D eigenvalue weighted by atomic mass is 9.94. The average molecular weight is 426 g/mol. The fourth-order valence-corrected chi connectivity index (χ4v) is 5.76. The van der Waals surface area contributed by atoms with E-state index in [1.54, 1.807) is 12.1 Å². The SMILES string of the molecule is CCCCCCCCS(=O)(=O)NC1CCC2Oc3c(OCC(=O)O)cccc3C12.